The highest BCUT2D eigenvalue weighted by Crippen LogP contribution is 2.39. The highest BCUT2D eigenvalue weighted by Gasteiger charge is 2.38. The van der Waals surface area contributed by atoms with Crippen LogP contribution in [0.4, 0.5) is 0 Å². The van der Waals surface area contributed by atoms with Crippen LogP contribution in [0.3, 0.4) is 0 Å². The molecule has 1 N–H and O–H groups in total. The first-order valence-electron chi connectivity index (χ1n) is 5.09. The van der Waals surface area contributed by atoms with Gasteiger partial charge in [-0.15, -0.1) is 0 Å². The summed E-state index contributed by atoms with van der Waals surface area (Å²) in [6.45, 7) is 4.09. The summed E-state index contributed by atoms with van der Waals surface area (Å²) >= 11 is 0. The summed E-state index contributed by atoms with van der Waals surface area (Å²) in [6, 6.07) is 0. The molecule has 0 spiro atoms. The minimum atomic E-state index is 0.155. The van der Waals surface area contributed by atoms with Gasteiger partial charge < -0.3 is 10.0 Å². The average molecular weight is 183 g/mol. The molecular formula is C10H17NO2. The third-order valence-corrected chi connectivity index (χ3v) is 3.28. The van der Waals surface area contributed by atoms with Gasteiger partial charge in [0.15, 0.2) is 0 Å². The fourth-order valence-electron chi connectivity index (χ4n) is 2.09. The molecule has 1 aliphatic heterocycles. The summed E-state index contributed by atoms with van der Waals surface area (Å²) in [5.74, 6) is 1.97. The molecule has 2 aliphatic rings. The zero-order valence-corrected chi connectivity index (χ0v) is 8.07. The molecule has 0 bridgehead atoms. The van der Waals surface area contributed by atoms with Crippen LogP contribution in [0.25, 0.3) is 0 Å². The molecule has 0 aromatic heterocycles. The summed E-state index contributed by atoms with van der Waals surface area (Å²) < 4.78 is 0. The van der Waals surface area contributed by atoms with Crippen LogP contribution in [-0.2, 0) is 4.79 Å². The van der Waals surface area contributed by atoms with Crippen LogP contribution in [0.1, 0.15) is 19.8 Å². The number of hydrogen-bond donors (Lipinski definition) is 1. The van der Waals surface area contributed by atoms with Crippen LogP contribution in [0.5, 0.6) is 0 Å². The number of carbonyl (C=O) groups excluding carboxylic acids is 1. The molecule has 3 heteroatoms. The molecule has 0 aromatic carbocycles. The van der Waals surface area contributed by atoms with Crippen LogP contribution in [-0.4, -0.2) is 35.6 Å². The van der Waals surface area contributed by atoms with Gasteiger partial charge in [0.1, 0.15) is 0 Å². The second kappa shape index (κ2) is 3.29. The van der Waals surface area contributed by atoms with E-state index < -0.39 is 0 Å². The third-order valence-electron chi connectivity index (χ3n) is 3.28. The standard InChI is InChI=1S/C10H17NO2/c1-7-2-9(7)5-11-4-8(6-12)3-10(11)13/h7-9,12H,2-6H2,1H3. The van der Waals surface area contributed by atoms with E-state index in [4.69, 9.17) is 5.11 Å². The fraction of sp³-hybridized carbons (Fsp3) is 0.900. The van der Waals surface area contributed by atoms with Crippen molar-refractivity contribution in [3.8, 4) is 0 Å². The molecular weight excluding hydrogens is 166 g/mol. The molecule has 2 rings (SSSR count). The van der Waals surface area contributed by atoms with E-state index in [9.17, 15) is 4.79 Å². The predicted octanol–water partition coefficient (Wildman–Crippen LogP) is 0.483. The van der Waals surface area contributed by atoms with E-state index >= 15 is 0 Å². The molecule has 3 atom stereocenters. The minimum Gasteiger partial charge on any atom is -0.396 e. The van der Waals surface area contributed by atoms with E-state index in [1.54, 1.807) is 0 Å². The molecule has 13 heavy (non-hydrogen) atoms. The van der Waals surface area contributed by atoms with Crippen molar-refractivity contribution >= 4 is 5.91 Å². The van der Waals surface area contributed by atoms with Gasteiger partial charge >= 0.3 is 0 Å². The van der Waals surface area contributed by atoms with Crippen molar-refractivity contribution in [1.29, 1.82) is 0 Å². The minimum absolute atomic E-state index is 0.155. The fourth-order valence-corrected chi connectivity index (χ4v) is 2.09. The maximum atomic E-state index is 11.4. The summed E-state index contributed by atoms with van der Waals surface area (Å²) in [6.07, 6.45) is 1.82. The van der Waals surface area contributed by atoms with Gasteiger partial charge in [-0.25, -0.2) is 0 Å². The van der Waals surface area contributed by atoms with E-state index in [2.05, 4.69) is 6.92 Å². The Balaban J connectivity index is 1.83. The molecule has 74 valence electrons. The van der Waals surface area contributed by atoms with Crippen LogP contribution in [0, 0.1) is 17.8 Å². The van der Waals surface area contributed by atoms with Gasteiger partial charge in [0.2, 0.25) is 5.91 Å². The number of nitrogens with zero attached hydrogens (tertiary/aromatic N) is 1. The number of aliphatic hydroxyl groups excluding tert-OH is 1. The van der Waals surface area contributed by atoms with Crippen molar-refractivity contribution in [3.63, 3.8) is 0 Å². The molecule has 1 aliphatic carbocycles. The third kappa shape index (κ3) is 1.85. The van der Waals surface area contributed by atoms with Crippen LogP contribution >= 0.6 is 0 Å². The lowest BCUT2D eigenvalue weighted by Crippen LogP contribution is -2.28. The van der Waals surface area contributed by atoms with Crippen molar-refractivity contribution in [2.24, 2.45) is 17.8 Å². The van der Waals surface area contributed by atoms with E-state index in [-0.39, 0.29) is 18.4 Å². The average Bonchev–Trinajstić information content (AvgIpc) is 2.65. The van der Waals surface area contributed by atoms with Crippen LogP contribution < -0.4 is 0 Å². The van der Waals surface area contributed by atoms with E-state index in [1.807, 2.05) is 4.90 Å². The van der Waals surface area contributed by atoms with Crippen molar-refractivity contribution in [2.45, 2.75) is 19.8 Å². The molecule has 1 saturated carbocycles. The molecule has 0 aromatic rings. The highest BCUT2D eigenvalue weighted by molar-refractivity contribution is 5.78. The van der Waals surface area contributed by atoms with Gasteiger partial charge in [-0.2, -0.15) is 0 Å². The predicted molar refractivity (Wildman–Crippen MR) is 49.0 cm³/mol. The van der Waals surface area contributed by atoms with Gasteiger partial charge in [0.25, 0.3) is 0 Å². The summed E-state index contributed by atoms with van der Waals surface area (Å²) in [7, 11) is 0. The summed E-state index contributed by atoms with van der Waals surface area (Å²) in [5, 5.41) is 8.92. The van der Waals surface area contributed by atoms with Crippen molar-refractivity contribution in [1.82, 2.24) is 4.90 Å². The lowest BCUT2D eigenvalue weighted by Gasteiger charge is -2.15. The highest BCUT2D eigenvalue weighted by atomic mass is 16.3. The number of amides is 1. The largest absolute Gasteiger partial charge is 0.396 e. The number of hydrogen-bond acceptors (Lipinski definition) is 2. The maximum absolute atomic E-state index is 11.4. The van der Waals surface area contributed by atoms with Crippen LogP contribution in [0.15, 0.2) is 0 Å². The molecule has 1 saturated heterocycles. The first-order valence-corrected chi connectivity index (χ1v) is 5.09. The Kier molecular flexibility index (Phi) is 2.28. The Bertz CT molecular complexity index is 217. The monoisotopic (exact) mass is 183 g/mol. The molecule has 1 amide bonds. The zero-order chi connectivity index (χ0) is 9.42. The lowest BCUT2D eigenvalue weighted by molar-refractivity contribution is -0.128. The Morgan fingerprint density at radius 2 is 2.31 bits per heavy atom. The lowest BCUT2D eigenvalue weighted by atomic mass is 10.1. The van der Waals surface area contributed by atoms with Gasteiger partial charge in [-0.05, 0) is 18.3 Å². The molecule has 2 fully saturated rings. The van der Waals surface area contributed by atoms with Gasteiger partial charge in [0.05, 0.1) is 0 Å². The quantitative estimate of drug-likeness (QED) is 0.691. The molecule has 3 unspecified atom stereocenters. The number of rotatable bonds is 3. The van der Waals surface area contributed by atoms with Gasteiger partial charge in [-0.1, -0.05) is 6.92 Å². The van der Waals surface area contributed by atoms with Gasteiger partial charge in [0, 0.05) is 32.0 Å². The van der Waals surface area contributed by atoms with Gasteiger partial charge in [-0.3, -0.25) is 4.79 Å². The van der Waals surface area contributed by atoms with E-state index in [1.165, 1.54) is 6.42 Å². The first kappa shape index (κ1) is 9.00. The zero-order valence-electron chi connectivity index (χ0n) is 8.07. The second-order valence-corrected chi connectivity index (χ2v) is 4.52. The number of carbonyl (C=O) groups is 1. The van der Waals surface area contributed by atoms with Crippen molar-refractivity contribution in [3.05, 3.63) is 0 Å². The van der Waals surface area contributed by atoms with Crippen molar-refractivity contribution in [2.75, 3.05) is 19.7 Å². The summed E-state index contributed by atoms with van der Waals surface area (Å²) in [4.78, 5) is 13.4. The van der Waals surface area contributed by atoms with Crippen LogP contribution in [0.2, 0.25) is 0 Å². The molecule has 1 heterocycles. The molecule has 3 nitrogen and oxygen atoms in total. The smallest absolute Gasteiger partial charge is 0.223 e. The first-order chi connectivity index (χ1) is 6.20. The maximum Gasteiger partial charge on any atom is 0.223 e. The van der Waals surface area contributed by atoms with Crippen molar-refractivity contribution < 1.29 is 9.90 Å². The SMILES string of the molecule is CC1CC1CN1CC(CO)CC1=O. The molecule has 0 radical (unpaired) electrons. The van der Waals surface area contributed by atoms with E-state index in [0.29, 0.717) is 6.42 Å². The Labute approximate surface area is 78.7 Å². The number of likely N-dealkylation sites (tertiary alicyclic amines) is 1. The second-order valence-electron chi connectivity index (χ2n) is 4.52. The topological polar surface area (TPSA) is 40.5 Å². The Morgan fingerprint density at radius 3 is 2.77 bits per heavy atom. The summed E-state index contributed by atoms with van der Waals surface area (Å²) in [5.41, 5.74) is 0. The Morgan fingerprint density at radius 1 is 1.62 bits per heavy atom. The Hall–Kier alpha value is -0.570. The number of aliphatic hydroxyl groups is 1. The normalized spacial score (nSPS) is 38.5. The van der Waals surface area contributed by atoms with E-state index in [0.717, 1.165) is 24.9 Å².